The smallest absolute Gasteiger partial charge is 0.191 e. The first-order valence-electron chi connectivity index (χ1n) is 7.99. The number of nitrogens with zero attached hydrogens (tertiary/aromatic N) is 3. The fourth-order valence-electron chi connectivity index (χ4n) is 2.44. The Hall–Kier alpha value is -2.30. The molecular weight excluding hydrogens is 286 g/mol. The van der Waals surface area contributed by atoms with Crippen LogP contribution in [0.2, 0.25) is 0 Å². The number of hydrogen-bond acceptors (Lipinski definition) is 2. The van der Waals surface area contributed by atoms with E-state index in [4.69, 9.17) is 0 Å². The molecule has 1 aromatic carbocycles. The summed E-state index contributed by atoms with van der Waals surface area (Å²) in [6.07, 6.45) is 4.86. The normalized spacial score (nSPS) is 12.3. The molecule has 0 saturated heterocycles. The van der Waals surface area contributed by atoms with Crippen LogP contribution in [0.25, 0.3) is 0 Å². The van der Waals surface area contributed by atoms with Crippen LogP contribution >= 0.6 is 0 Å². The van der Waals surface area contributed by atoms with Gasteiger partial charge in [0.15, 0.2) is 5.96 Å². The van der Waals surface area contributed by atoms with Gasteiger partial charge in [-0.25, -0.2) is 0 Å². The third-order valence-corrected chi connectivity index (χ3v) is 3.94. The molecule has 23 heavy (non-hydrogen) atoms. The zero-order valence-electron chi connectivity index (χ0n) is 14.5. The van der Waals surface area contributed by atoms with Crippen LogP contribution in [0.15, 0.2) is 47.7 Å². The molecule has 2 rings (SSSR count). The summed E-state index contributed by atoms with van der Waals surface area (Å²) < 4.78 is 1.82. The zero-order chi connectivity index (χ0) is 16.7. The fraction of sp³-hybridized carbons (Fsp3) is 0.444. The van der Waals surface area contributed by atoms with Crippen LogP contribution in [0.5, 0.6) is 0 Å². The summed E-state index contributed by atoms with van der Waals surface area (Å²) in [4.78, 5) is 4.29. The quantitative estimate of drug-likeness (QED) is 0.634. The van der Waals surface area contributed by atoms with Crippen molar-refractivity contribution in [2.75, 3.05) is 20.1 Å². The first kappa shape index (κ1) is 17.1. The largest absolute Gasteiger partial charge is 0.356 e. The van der Waals surface area contributed by atoms with Crippen molar-refractivity contribution < 1.29 is 0 Å². The lowest BCUT2D eigenvalue weighted by Crippen LogP contribution is -2.44. The van der Waals surface area contributed by atoms with E-state index < -0.39 is 0 Å². The van der Waals surface area contributed by atoms with Crippen molar-refractivity contribution in [2.45, 2.75) is 25.7 Å². The van der Waals surface area contributed by atoms with Crippen molar-refractivity contribution in [1.29, 1.82) is 0 Å². The summed E-state index contributed by atoms with van der Waals surface area (Å²) in [5.41, 5.74) is 2.58. The van der Waals surface area contributed by atoms with E-state index in [9.17, 15) is 0 Å². The van der Waals surface area contributed by atoms with Crippen molar-refractivity contribution >= 4 is 5.96 Å². The lowest BCUT2D eigenvalue weighted by Gasteiger charge is -2.26. The number of guanidine groups is 1. The van der Waals surface area contributed by atoms with Crippen LogP contribution in [0.3, 0.4) is 0 Å². The van der Waals surface area contributed by atoms with Crippen LogP contribution < -0.4 is 10.6 Å². The lowest BCUT2D eigenvalue weighted by atomic mass is 9.85. The molecule has 5 heteroatoms. The van der Waals surface area contributed by atoms with Gasteiger partial charge in [0.25, 0.3) is 0 Å². The predicted octanol–water partition coefficient (Wildman–Crippen LogP) is 2.11. The van der Waals surface area contributed by atoms with E-state index in [-0.39, 0.29) is 5.41 Å². The van der Waals surface area contributed by atoms with Gasteiger partial charge in [-0.05, 0) is 17.5 Å². The molecule has 0 spiro atoms. The number of aliphatic imine (C=N–C) groups is 1. The summed E-state index contributed by atoms with van der Waals surface area (Å²) in [7, 11) is 3.73. The van der Waals surface area contributed by atoms with E-state index in [1.54, 1.807) is 7.05 Å². The maximum absolute atomic E-state index is 4.29. The number of aromatic nitrogens is 2. The highest BCUT2D eigenvalue weighted by Crippen LogP contribution is 2.21. The molecule has 0 amide bonds. The topological polar surface area (TPSA) is 54.2 Å². The van der Waals surface area contributed by atoms with Crippen molar-refractivity contribution in [3.63, 3.8) is 0 Å². The van der Waals surface area contributed by atoms with Gasteiger partial charge in [0.1, 0.15) is 0 Å². The summed E-state index contributed by atoms with van der Waals surface area (Å²) in [6, 6.07) is 10.5. The lowest BCUT2D eigenvalue weighted by molar-refractivity contribution is 0.508. The van der Waals surface area contributed by atoms with Crippen LogP contribution in [-0.2, 0) is 18.9 Å². The SMILES string of the molecule is CN=C(NCCc1cnn(C)c1)NCC(C)(C)c1ccccc1. The van der Waals surface area contributed by atoms with Crippen molar-refractivity contribution in [3.8, 4) is 0 Å². The van der Waals surface area contributed by atoms with E-state index in [2.05, 4.69) is 58.8 Å². The Bertz CT molecular complexity index is 628. The summed E-state index contributed by atoms with van der Waals surface area (Å²) >= 11 is 0. The van der Waals surface area contributed by atoms with Gasteiger partial charge in [0.05, 0.1) is 6.20 Å². The first-order valence-corrected chi connectivity index (χ1v) is 7.99. The van der Waals surface area contributed by atoms with Gasteiger partial charge < -0.3 is 10.6 Å². The maximum Gasteiger partial charge on any atom is 0.191 e. The van der Waals surface area contributed by atoms with E-state index in [0.717, 1.165) is 25.5 Å². The van der Waals surface area contributed by atoms with E-state index in [1.165, 1.54) is 11.1 Å². The first-order chi connectivity index (χ1) is 11.0. The van der Waals surface area contributed by atoms with Gasteiger partial charge in [0.2, 0.25) is 0 Å². The van der Waals surface area contributed by atoms with Crippen molar-refractivity contribution in [1.82, 2.24) is 20.4 Å². The third-order valence-electron chi connectivity index (χ3n) is 3.94. The summed E-state index contributed by atoms with van der Waals surface area (Å²) in [5.74, 6) is 0.831. The van der Waals surface area contributed by atoms with E-state index >= 15 is 0 Å². The second-order valence-electron chi connectivity index (χ2n) is 6.37. The van der Waals surface area contributed by atoms with Gasteiger partial charge >= 0.3 is 0 Å². The van der Waals surface area contributed by atoms with Crippen LogP contribution in [0, 0.1) is 0 Å². The minimum absolute atomic E-state index is 0.0439. The van der Waals surface area contributed by atoms with Gasteiger partial charge in [-0.3, -0.25) is 9.67 Å². The molecule has 0 saturated carbocycles. The zero-order valence-corrected chi connectivity index (χ0v) is 14.5. The molecule has 1 heterocycles. The van der Waals surface area contributed by atoms with Crippen molar-refractivity contribution in [3.05, 3.63) is 53.9 Å². The molecule has 124 valence electrons. The number of hydrogen-bond donors (Lipinski definition) is 2. The van der Waals surface area contributed by atoms with Gasteiger partial charge in [-0.2, -0.15) is 5.10 Å². The average molecular weight is 313 g/mol. The summed E-state index contributed by atoms with van der Waals surface area (Å²) in [6.45, 7) is 6.12. The molecule has 1 aromatic heterocycles. The Morgan fingerprint density at radius 1 is 1.22 bits per heavy atom. The second-order valence-corrected chi connectivity index (χ2v) is 6.37. The Kier molecular flexibility index (Phi) is 5.79. The molecule has 0 aliphatic carbocycles. The van der Waals surface area contributed by atoms with E-state index in [1.807, 2.05) is 30.2 Å². The standard InChI is InChI=1S/C18H27N5/c1-18(2,16-8-6-5-7-9-16)14-21-17(19-3)20-11-10-15-12-22-23(4)13-15/h5-9,12-13H,10-11,14H2,1-4H3,(H2,19,20,21). The molecule has 0 bridgehead atoms. The Labute approximate surface area is 138 Å². The molecule has 0 radical (unpaired) electrons. The van der Waals surface area contributed by atoms with E-state index in [0.29, 0.717) is 0 Å². The maximum atomic E-state index is 4.29. The van der Waals surface area contributed by atoms with Gasteiger partial charge in [-0.15, -0.1) is 0 Å². The molecule has 0 aliphatic heterocycles. The highest BCUT2D eigenvalue weighted by atomic mass is 15.2. The third kappa shape index (κ3) is 5.13. The summed E-state index contributed by atoms with van der Waals surface area (Å²) in [5, 5.41) is 11.0. The van der Waals surface area contributed by atoms with Crippen LogP contribution in [-0.4, -0.2) is 35.9 Å². The van der Waals surface area contributed by atoms with Crippen molar-refractivity contribution in [2.24, 2.45) is 12.0 Å². The number of nitrogens with one attached hydrogen (secondary N) is 2. The molecule has 0 atom stereocenters. The molecule has 0 fully saturated rings. The van der Waals surface area contributed by atoms with Gasteiger partial charge in [0, 0.05) is 38.8 Å². The number of benzene rings is 1. The highest BCUT2D eigenvalue weighted by molar-refractivity contribution is 5.79. The number of aryl methyl sites for hydroxylation is 1. The fourth-order valence-corrected chi connectivity index (χ4v) is 2.44. The molecule has 0 unspecified atom stereocenters. The van der Waals surface area contributed by atoms with Gasteiger partial charge in [-0.1, -0.05) is 44.2 Å². The Morgan fingerprint density at radius 3 is 2.57 bits per heavy atom. The second kappa shape index (κ2) is 7.81. The molecule has 0 aliphatic rings. The minimum Gasteiger partial charge on any atom is -0.356 e. The monoisotopic (exact) mass is 313 g/mol. The highest BCUT2D eigenvalue weighted by Gasteiger charge is 2.20. The molecule has 5 nitrogen and oxygen atoms in total. The average Bonchev–Trinajstić information content (AvgIpc) is 2.97. The molecular formula is C18H27N5. The molecule has 2 aromatic rings. The number of rotatable bonds is 6. The van der Waals surface area contributed by atoms with Crippen LogP contribution in [0.4, 0.5) is 0 Å². The molecule has 2 N–H and O–H groups in total. The minimum atomic E-state index is 0.0439. The van der Waals surface area contributed by atoms with Crippen LogP contribution in [0.1, 0.15) is 25.0 Å². The predicted molar refractivity (Wildman–Crippen MR) is 95.7 cm³/mol. The Morgan fingerprint density at radius 2 is 1.96 bits per heavy atom. The Balaban J connectivity index is 1.80.